The van der Waals surface area contributed by atoms with E-state index in [0.717, 1.165) is 5.01 Å². The topological polar surface area (TPSA) is 84.9 Å². The molecule has 0 aromatic heterocycles. The zero-order valence-corrected chi connectivity index (χ0v) is 16.4. The van der Waals surface area contributed by atoms with E-state index in [1.807, 2.05) is 0 Å². The van der Waals surface area contributed by atoms with Crippen molar-refractivity contribution in [1.29, 1.82) is 0 Å². The van der Waals surface area contributed by atoms with Gasteiger partial charge in [-0.05, 0) is 42.8 Å². The number of hydrogen-bond donors (Lipinski definition) is 1. The number of hydrazine groups is 1. The van der Waals surface area contributed by atoms with Crippen LogP contribution in [0.3, 0.4) is 0 Å². The third kappa shape index (κ3) is 3.95. The molecule has 1 aliphatic rings. The second-order valence-electron chi connectivity index (χ2n) is 6.09. The van der Waals surface area contributed by atoms with E-state index in [1.165, 1.54) is 49.5 Å². The number of anilines is 1. The Labute approximate surface area is 171 Å². The fourth-order valence-electron chi connectivity index (χ4n) is 3.06. The SMILES string of the molecule is CCOC(=O)C1C=C(c2ccccc2F)c2cc(Cl)ccc2N(C(=O)NC)N1[O-]. The van der Waals surface area contributed by atoms with Crippen LogP contribution in [-0.4, -0.2) is 36.9 Å². The second-order valence-corrected chi connectivity index (χ2v) is 6.52. The lowest BCUT2D eigenvalue weighted by atomic mass is 9.94. The van der Waals surface area contributed by atoms with Gasteiger partial charge in [-0.25, -0.2) is 19.0 Å². The molecule has 1 heterocycles. The van der Waals surface area contributed by atoms with Crippen LogP contribution in [-0.2, 0) is 9.53 Å². The van der Waals surface area contributed by atoms with Crippen LogP contribution in [0.25, 0.3) is 5.57 Å². The van der Waals surface area contributed by atoms with Crippen LogP contribution in [0.5, 0.6) is 0 Å². The van der Waals surface area contributed by atoms with Gasteiger partial charge < -0.3 is 15.3 Å². The number of esters is 1. The lowest BCUT2D eigenvalue weighted by molar-refractivity contribution is -0.146. The summed E-state index contributed by atoms with van der Waals surface area (Å²) in [6.45, 7) is 1.63. The molecule has 0 spiro atoms. The number of halogens is 2. The first-order chi connectivity index (χ1) is 13.9. The van der Waals surface area contributed by atoms with E-state index in [-0.39, 0.29) is 28.6 Å². The lowest BCUT2D eigenvalue weighted by Gasteiger charge is -2.41. The van der Waals surface area contributed by atoms with E-state index in [4.69, 9.17) is 16.3 Å². The maximum Gasteiger partial charge on any atom is 0.335 e. The van der Waals surface area contributed by atoms with Crippen LogP contribution in [0.4, 0.5) is 14.9 Å². The van der Waals surface area contributed by atoms with Crippen molar-refractivity contribution in [3.63, 3.8) is 0 Å². The average Bonchev–Trinajstić information content (AvgIpc) is 2.82. The number of ether oxygens (including phenoxy) is 1. The summed E-state index contributed by atoms with van der Waals surface area (Å²) in [5.41, 5.74) is 0.854. The van der Waals surface area contributed by atoms with Gasteiger partial charge in [-0.2, -0.15) is 0 Å². The van der Waals surface area contributed by atoms with E-state index in [0.29, 0.717) is 10.6 Å². The molecule has 0 fully saturated rings. The van der Waals surface area contributed by atoms with Crippen LogP contribution in [0.15, 0.2) is 48.5 Å². The summed E-state index contributed by atoms with van der Waals surface area (Å²) in [4.78, 5) is 25.0. The van der Waals surface area contributed by atoms with E-state index in [2.05, 4.69) is 5.32 Å². The number of urea groups is 1. The minimum absolute atomic E-state index is 0.0325. The number of carbonyl (C=O) groups excluding carboxylic acids is 2. The number of nitrogens with one attached hydrogen (secondary N) is 1. The Morgan fingerprint density at radius 3 is 2.62 bits per heavy atom. The van der Waals surface area contributed by atoms with Crippen molar-refractivity contribution in [2.45, 2.75) is 13.0 Å². The first kappa shape index (κ1) is 20.8. The molecule has 1 aliphatic heterocycles. The smallest absolute Gasteiger partial charge is 0.335 e. The average molecular weight is 419 g/mol. The molecule has 152 valence electrons. The Hall–Kier alpha value is -2.94. The van der Waals surface area contributed by atoms with Gasteiger partial charge in [0.25, 0.3) is 0 Å². The number of carbonyl (C=O) groups is 2. The normalized spacial score (nSPS) is 16.5. The molecule has 7 nitrogen and oxygen atoms in total. The summed E-state index contributed by atoms with van der Waals surface area (Å²) in [5, 5.41) is 16.7. The van der Waals surface area contributed by atoms with Gasteiger partial charge in [-0.3, -0.25) is 5.17 Å². The maximum atomic E-state index is 14.6. The molecule has 3 rings (SSSR count). The zero-order chi connectivity index (χ0) is 21.1. The minimum atomic E-state index is -1.52. The predicted molar refractivity (Wildman–Crippen MR) is 107 cm³/mol. The van der Waals surface area contributed by atoms with Gasteiger partial charge in [0.1, 0.15) is 11.9 Å². The van der Waals surface area contributed by atoms with Crippen LogP contribution < -0.4 is 10.3 Å². The van der Waals surface area contributed by atoms with E-state index >= 15 is 0 Å². The van der Waals surface area contributed by atoms with E-state index in [1.54, 1.807) is 13.0 Å². The molecule has 0 aliphatic carbocycles. The molecular weight excluding hydrogens is 401 g/mol. The van der Waals surface area contributed by atoms with E-state index in [9.17, 15) is 19.2 Å². The van der Waals surface area contributed by atoms with Gasteiger partial charge in [0.05, 0.1) is 12.3 Å². The number of benzene rings is 2. The Bertz CT molecular complexity index is 982. The summed E-state index contributed by atoms with van der Waals surface area (Å²) in [7, 11) is 1.35. The highest BCUT2D eigenvalue weighted by Gasteiger charge is 2.33. The van der Waals surface area contributed by atoms with Crippen LogP contribution in [0, 0.1) is 11.0 Å². The lowest BCUT2D eigenvalue weighted by Crippen LogP contribution is -2.53. The van der Waals surface area contributed by atoms with Crippen molar-refractivity contribution >= 4 is 34.9 Å². The Morgan fingerprint density at radius 1 is 1.24 bits per heavy atom. The van der Waals surface area contributed by atoms with Crippen LogP contribution in [0.1, 0.15) is 18.1 Å². The summed E-state index contributed by atoms with van der Waals surface area (Å²) in [6.07, 6.45) is 1.28. The van der Waals surface area contributed by atoms with Crippen molar-refractivity contribution in [1.82, 2.24) is 10.5 Å². The molecule has 2 aromatic rings. The molecule has 1 atom stereocenters. The summed E-state index contributed by atoms with van der Waals surface area (Å²) in [6, 6.07) is 8.08. The first-order valence-corrected chi connectivity index (χ1v) is 9.18. The van der Waals surface area contributed by atoms with Crippen molar-refractivity contribution in [3.8, 4) is 0 Å². The zero-order valence-electron chi connectivity index (χ0n) is 15.7. The standard InChI is InChI=1S/C20H18ClFN3O4/c1-3-29-19(26)18-11-14(13-6-4-5-7-16(13)22)15-10-12(21)8-9-17(15)24(25(18)28)20(27)23-2/h4-11,18H,3H2,1-2H3,(H,23,27)/q-1. The Morgan fingerprint density at radius 2 is 1.97 bits per heavy atom. The van der Waals surface area contributed by atoms with Gasteiger partial charge in [-0.1, -0.05) is 29.8 Å². The molecule has 9 heteroatoms. The van der Waals surface area contributed by atoms with Crippen molar-refractivity contribution in [2.24, 2.45) is 0 Å². The molecule has 0 radical (unpaired) electrons. The largest absolute Gasteiger partial charge is 0.766 e. The number of rotatable bonds is 3. The van der Waals surface area contributed by atoms with Gasteiger partial charge >= 0.3 is 12.0 Å². The highest BCUT2D eigenvalue weighted by Crippen LogP contribution is 2.39. The first-order valence-electron chi connectivity index (χ1n) is 8.80. The monoisotopic (exact) mass is 418 g/mol. The third-order valence-corrected chi connectivity index (χ3v) is 4.57. The molecular formula is C20H18ClFN3O4-. The third-order valence-electron chi connectivity index (χ3n) is 4.33. The number of hydroxylamine groups is 1. The van der Waals surface area contributed by atoms with E-state index < -0.39 is 23.9 Å². The fraction of sp³-hybridized carbons (Fsp3) is 0.200. The van der Waals surface area contributed by atoms with Gasteiger partial charge in [0.15, 0.2) is 0 Å². The van der Waals surface area contributed by atoms with Gasteiger partial charge in [-0.15, -0.1) is 0 Å². The van der Waals surface area contributed by atoms with Crippen molar-refractivity contribution in [2.75, 3.05) is 18.7 Å². The summed E-state index contributed by atoms with van der Waals surface area (Å²) in [5.74, 6) is -1.43. The Balaban J connectivity index is 2.32. The summed E-state index contributed by atoms with van der Waals surface area (Å²) >= 11 is 6.15. The molecule has 29 heavy (non-hydrogen) atoms. The van der Waals surface area contributed by atoms with Crippen molar-refractivity contribution in [3.05, 3.63) is 75.7 Å². The molecule has 1 N–H and O–H groups in total. The maximum absolute atomic E-state index is 14.6. The molecule has 1 unspecified atom stereocenters. The fourth-order valence-corrected chi connectivity index (χ4v) is 3.23. The Kier molecular flexibility index (Phi) is 6.17. The quantitative estimate of drug-likeness (QED) is 0.768. The number of nitrogens with zero attached hydrogens (tertiary/aromatic N) is 2. The highest BCUT2D eigenvalue weighted by atomic mass is 35.5. The molecule has 2 aromatic carbocycles. The van der Waals surface area contributed by atoms with Crippen LogP contribution >= 0.6 is 11.6 Å². The predicted octanol–water partition coefficient (Wildman–Crippen LogP) is 3.72. The van der Waals surface area contributed by atoms with Gasteiger partial charge in [0, 0.05) is 23.2 Å². The number of fused-ring (bicyclic) bond motifs is 1. The van der Waals surface area contributed by atoms with Gasteiger partial charge in [0.2, 0.25) is 0 Å². The van der Waals surface area contributed by atoms with Crippen LogP contribution in [0.2, 0.25) is 5.02 Å². The highest BCUT2D eigenvalue weighted by molar-refractivity contribution is 6.31. The summed E-state index contributed by atoms with van der Waals surface area (Å²) < 4.78 is 19.6. The molecule has 2 amide bonds. The minimum Gasteiger partial charge on any atom is -0.766 e. The molecule has 0 bridgehead atoms. The molecule has 0 saturated heterocycles. The number of amides is 2. The van der Waals surface area contributed by atoms with Crippen molar-refractivity contribution < 1.29 is 18.7 Å². The molecule has 0 saturated carbocycles. The number of hydrogen-bond acceptors (Lipinski definition) is 5. The second kappa shape index (κ2) is 8.60.